The summed E-state index contributed by atoms with van der Waals surface area (Å²) < 4.78 is 28.7. The maximum Gasteiger partial charge on any atom is 0.245 e. The second-order valence-corrected chi connectivity index (χ2v) is 7.87. The van der Waals surface area contributed by atoms with Crippen molar-refractivity contribution < 1.29 is 8.42 Å². The summed E-state index contributed by atoms with van der Waals surface area (Å²) >= 11 is 0. The number of aromatic nitrogens is 5. The number of anilines is 3. The number of hydrogen-bond donors (Lipinski definition) is 2. The quantitative estimate of drug-likeness (QED) is 0.547. The molecule has 0 unspecified atom stereocenters. The molecule has 0 aliphatic rings. The van der Waals surface area contributed by atoms with Crippen molar-refractivity contribution in [2.75, 3.05) is 16.3 Å². The van der Waals surface area contributed by atoms with Gasteiger partial charge in [0.2, 0.25) is 16.0 Å². The number of nitrogens with one attached hydrogen (secondary N) is 2. The molecule has 0 bridgehead atoms. The summed E-state index contributed by atoms with van der Waals surface area (Å²) in [5, 5.41) is 11.8. The molecule has 0 fully saturated rings. The molecule has 0 amide bonds. The average Bonchev–Trinajstić information content (AvgIpc) is 3.19. The van der Waals surface area contributed by atoms with E-state index in [1.54, 1.807) is 45.9 Å². The first-order valence-electron chi connectivity index (χ1n) is 8.06. The Labute approximate surface area is 155 Å². The highest BCUT2D eigenvalue weighted by atomic mass is 32.2. The van der Waals surface area contributed by atoms with Crippen LogP contribution in [-0.4, -0.2) is 39.1 Å². The Morgan fingerprint density at radius 2 is 1.89 bits per heavy atom. The largest absolute Gasteiger partial charge is 0.323 e. The van der Waals surface area contributed by atoms with Gasteiger partial charge in [0.15, 0.2) is 0 Å². The fraction of sp³-hybridized carbons (Fsp3) is 0.118. The summed E-state index contributed by atoms with van der Waals surface area (Å²) in [5.41, 5.74) is 3.82. The van der Waals surface area contributed by atoms with E-state index in [0.717, 1.165) is 23.0 Å². The van der Waals surface area contributed by atoms with Crippen molar-refractivity contribution >= 4 is 32.9 Å². The lowest BCUT2D eigenvalue weighted by Crippen LogP contribution is -2.09. The van der Waals surface area contributed by atoms with Crippen molar-refractivity contribution in [3.05, 3.63) is 55.0 Å². The predicted octanol–water partition coefficient (Wildman–Crippen LogP) is 2.24. The zero-order chi connectivity index (χ0) is 19.0. The third kappa shape index (κ3) is 3.75. The lowest BCUT2D eigenvalue weighted by atomic mass is 10.3. The van der Waals surface area contributed by atoms with Crippen LogP contribution in [0.2, 0.25) is 0 Å². The fourth-order valence-corrected chi connectivity index (χ4v) is 3.29. The molecule has 1 aromatic carbocycles. The van der Waals surface area contributed by atoms with Crippen molar-refractivity contribution in [3.63, 3.8) is 0 Å². The molecule has 0 aliphatic heterocycles. The van der Waals surface area contributed by atoms with E-state index >= 15 is 0 Å². The van der Waals surface area contributed by atoms with Gasteiger partial charge in [-0.25, -0.2) is 17.9 Å². The molecule has 4 aromatic rings. The molecule has 10 heteroatoms. The van der Waals surface area contributed by atoms with Crippen molar-refractivity contribution in [1.29, 1.82) is 0 Å². The van der Waals surface area contributed by atoms with Gasteiger partial charge < -0.3 is 5.32 Å². The summed E-state index contributed by atoms with van der Waals surface area (Å²) in [6.07, 6.45) is 6.51. The Hall–Kier alpha value is -3.40. The van der Waals surface area contributed by atoms with E-state index < -0.39 is 10.0 Å². The van der Waals surface area contributed by atoms with Gasteiger partial charge in [-0.1, -0.05) is 6.07 Å². The molecule has 4 rings (SSSR count). The summed E-state index contributed by atoms with van der Waals surface area (Å²) in [6.45, 7) is 0. The van der Waals surface area contributed by atoms with Gasteiger partial charge >= 0.3 is 0 Å². The molecule has 0 saturated carbocycles. The van der Waals surface area contributed by atoms with Crippen LogP contribution < -0.4 is 10.0 Å². The van der Waals surface area contributed by atoms with Gasteiger partial charge in [-0.05, 0) is 30.3 Å². The van der Waals surface area contributed by atoms with Gasteiger partial charge in [0.1, 0.15) is 0 Å². The zero-order valence-corrected chi connectivity index (χ0v) is 15.5. The Balaban J connectivity index is 1.66. The molecule has 3 heterocycles. The molecule has 27 heavy (non-hydrogen) atoms. The number of benzene rings is 1. The van der Waals surface area contributed by atoms with Crippen molar-refractivity contribution in [3.8, 4) is 11.3 Å². The first-order valence-corrected chi connectivity index (χ1v) is 9.95. The van der Waals surface area contributed by atoms with Crippen LogP contribution in [0.25, 0.3) is 16.8 Å². The Kier molecular flexibility index (Phi) is 4.04. The Morgan fingerprint density at radius 3 is 2.63 bits per heavy atom. The molecule has 0 aliphatic carbocycles. The topological polar surface area (TPSA) is 106 Å². The molecular formula is C17H17N7O2S. The second-order valence-electron chi connectivity index (χ2n) is 6.12. The summed E-state index contributed by atoms with van der Waals surface area (Å²) in [5.74, 6) is 0.389. The van der Waals surface area contributed by atoms with E-state index in [9.17, 15) is 8.42 Å². The average molecular weight is 383 g/mol. The first kappa shape index (κ1) is 17.0. The van der Waals surface area contributed by atoms with Crippen LogP contribution >= 0.6 is 0 Å². The number of sulfonamides is 1. The minimum absolute atomic E-state index is 0.389. The monoisotopic (exact) mass is 383 g/mol. The molecule has 0 saturated heterocycles. The third-order valence-corrected chi connectivity index (χ3v) is 4.43. The highest BCUT2D eigenvalue weighted by Crippen LogP contribution is 2.23. The van der Waals surface area contributed by atoms with Gasteiger partial charge in [0.05, 0.1) is 35.5 Å². The smallest absolute Gasteiger partial charge is 0.245 e. The number of hydrogen-bond acceptors (Lipinski definition) is 6. The number of rotatable bonds is 5. The van der Waals surface area contributed by atoms with Crippen LogP contribution in [0.1, 0.15) is 0 Å². The second kappa shape index (κ2) is 6.40. The van der Waals surface area contributed by atoms with Gasteiger partial charge in [0.25, 0.3) is 0 Å². The Bertz CT molecular complexity index is 1230. The maximum absolute atomic E-state index is 11.4. The van der Waals surface area contributed by atoms with Crippen LogP contribution in [0.5, 0.6) is 0 Å². The van der Waals surface area contributed by atoms with Gasteiger partial charge in [-0.2, -0.15) is 5.10 Å². The zero-order valence-electron chi connectivity index (χ0n) is 14.7. The van der Waals surface area contributed by atoms with Crippen LogP contribution in [0.15, 0.2) is 55.0 Å². The lowest BCUT2D eigenvalue weighted by Gasteiger charge is -2.09. The van der Waals surface area contributed by atoms with Crippen LogP contribution in [0.4, 0.5) is 17.3 Å². The maximum atomic E-state index is 11.4. The molecule has 0 spiro atoms. The normalized spacial score (nSPS) is 11.6. The van der Waals surface area contributed by atoms with Crippen LogP contribution in [-0.2, 0) is 17.1 Å². The molecule has 3 aromatic heterocycles. The van der Waals surface area contributed by atoms with Gasteiger partial charge in [-0.15, -0.1) is 5.10 Å². The van der Waals surface area contributed by atoms with Gasteiger partial charge in [0, 0.05) is 24.5 Å². The minimum Gasteiger partial charge on any atom is -0.323 e. The number of nitrogens with zero attached hydrogens (tertiary/aromatic N) is 5. The number of fused-ring (bicyclic) bond motifs is 1. The molecule has 138 valence electrons. The fourth-order valence-electron chi connectivity index (χ4n) is 2.73. The van der Waals surface area contributed by atoms with E-state index in [0.29, 0.717) is 17.3 Å². The summed E-state index contributed by atoms with van der Waals surface area (Å²) in [6, 6.07) is 10.8. The molecule has 9 nitrogen and oxygen atoms in total. The van der Waals surface area contributed by atoms with Crippen molar-refractivity contribution in [2.45, 2.75) is 0 Å². The van der Waals surface area contributed by atoms with E-state index in [1.165, 1.54) is 0 Å². The predicted molar refractivity (Wildman–Crippen MR) is 103 cm³/mol. The van der Waals surface area contributed by atoms with Crippen molar-refractivity contribution in [1.82, 2.24) is 24.4 Å². The van der Waals surface area contributed by atoms with Crippen LogP contribution in [0, 0.1) is 0 Å². The van der Waals surface area contributed by atoms with E-state index in [2.05, 4.69) is 25.2 Å². The summed E-state index contributed by atoms with van der Waals surface area (Å²) in [4.78, 5) is 4.32. The highest BCUT2D eigenvalue weighted by Gasteiger charge is 2.10. The van der Waals surface area contributed by atoms with Gasteiger partial charge in [-0.3, -0.25) is 9.40 Å². The standard InChI is InChI=1S/C17H17N7O2S/c1-23-11-12(9-19-23)16-7-6-15-10-18-17(21-24(15)16)20-13-4-3-5-14(8-13)22-27(2,25)26/h3-11,22H,1-2H3,(H,20,21). The number of aryl methyl sites for hydroxylation is 1. The minimum atomic E-state index is -3.34. The highest BCUT2D eigenvalue weighted by molar-refractivity contribution is 7.92. The molecule has 0 radical (unpaired) electrons. The molecular weight excluding hydrogens is 366 g/mol. The van der Waals surface area contributed by atoms with E-state index in [4.69, 9.17) is 0 Å². The lowest BCUT2D eigenvalue weighted by molar-refractivity contribution is 0.607. The SMILES string of the molecule is Cn1cc(-c2ccc3cnc(Nc4cccc(NS(C)(=O)=O)c4)nn23)cn1. The molecule has 2 N–H and O–H groups in total. The third-order valence-electron chi connectivity index (χ3n) is 3.82. The Morgan fingerprint density at radius 1 is 1.07 bits per heavy atom. The van der Waals surface area contributed by atoms with Crippen LogP contribution in [0.3, 0.4) is 0 Å². The van der Waals surface area contributed by atoms with E-state index in [-0.39, 0.29) is 0 Å². The summed E-state index contributed by atoms with van der Waals surface area (Å²) in [7, 11) is -1.48. The molecule has 0 atom stereocenters. The first-order chi connectivity index (χ1) is 12.9. The van der Waals surface area contributed by atoms with E-state index in [1.807, 2.05) is 25.4 Å². The van der Waals surface area contributed by atoms with Crippen molar-refractivity contribution in [2.24, 2.45) is 7.05 Å².